The molecule has 0 spiro atoms. The third kappa shape index (κ3) is 7.25. The molecule has 0 bridgehead atoms. The number of hydrogen-bond donors (Lipinski definition) is 3. The number of carbonyl (C=O) groups excluding carboxylic acids is 1. The van der Waals surface area contributed by atoms with E-state index in [1.54, 1.807) is 0 Å². The molecular formula is C16H31NO4. The molecule has 0 aromatic rings. The van der Waals surface area contributed by atoms with Crippen LogP contribution in [0.5, 0.6) is 0 Å². The molecule has 0 aliphatic heterocycles. The predicted molar refractivity (Wildman–Crippen MR) is 82.0 cm³/mol. The van der Waals surface area contributed by atoms with Gasteiger partial charge >= 0.3 is 5.97 Å². The maximum absolute atomic E-state index is 11.7. The monoisotopic (exact) mass is 301 g/mol. The molecule has 1 fully saturated rings. The zero-order valence-electron chi connectivity index (χ0n) is 13.3. The Morgan fingerprint density at radius 1 is 1.24 bits per heavy atom. The van der Waals surface area contributed by atoms with Gasteiger partial charge in [0.2, 0.25) is 0 Å². The molecule has 0 heterocycles. The van der Waals surface area contributed by atoms with E-state index in [4.69, 9.17) is 9.84 Å². The van der Waals surface area contributed by atoms with E-state index in [0.717, 1.165) is 32.2 Å². The van der Waals surface area contributed by atoms with Crippen molar-refractivity contribution in [1.29, 1.82) is 0 Å². The number of rotatable bonds is 10. The lowest BCUT2D eigenvalue weighted by Crippen LogP contribution is -2.44. The van der Waals surface area contributed by atoms with Crippen molar-refractivity contribution in [2.24, 2.45) is 5.92 Å². The molecule has 5 heteroatoms. The molecule has 0 aromatic carbocycles. The molecule has 1 rings (SSSR count). The van der Waals surface area contributed by atoms with Crippen LogP contribution in [0.4, 0.5) is 0 Å². The smallest absolute Gasteiger partial charge is 0.308 e. The molecule has 0 unspecified atom stereocenters. The Bertz CT molecular complexity index is 288. The van der Waals surface area contributed by atoms with Crippen LogP contribution in [0.2, 0.25) is 0 Å². The van der Waals surface area contributed by atoms with Crippen LogP contribution < -0.4 is 5.32 Å². The first-order valence-corrected chi connectivity index (χ1v) is 8.32. The highest BCUT2D eigenvalue weighted by molar-refractivity contribution is 5.72. The fourth-order valence-electron chi connectivity index (χ4n) is 2.86. The van der Waals surface area contributed by atoms with Crippen molar-refractivity contribution in [3.63, 3.8) is 0 Å². The molecule has 0 amide bonds. The van der Waals surface area contributed by atoms with Gasteiger partial charge in [0.25, 0.3) is 0 Å². The van der Waals surface area contributed by atoms with Crippen LogP contribution in [0.1, 0.15) is 58.3 Å². The van der Waals surface area contributed by atoms with Crippen molar-refractivity contribution in [3.05, 3.63) is 0 Å². The van der Waals surface area contributed by atoms with Gasteiger partial charge in [-0.15, -0.1) is 0 Å². The van der Waals surface area contributed by atoms with Gasteiger partial charge in [-0.3, -0.25) is 4.79 Å². The Hall–Kier alpha value is -0.650. The first-order valence-electron chi connectivity index (χ1n) is 8.32. The summed E-state index contributed by atoms with van der Waals surface area (Å²) in [5, 5.41) is 22.5. The van der Waals surface area contributed by atoms with Gasteiger partial charge in [0.1, 0.15) is 0 Å². The Morgan fingerprint density at radius 3 is 2.52 bits per heavy atom. The average Bonchev–Trinajstić information content (AvgIpc) is 2.47. The summed E-state index contributed by atoms with van der Waals surface area (Å²) in [6.45, 7) is 4.02. The molecule has 1 aliphatic rings. The maximum Gasteiger partial charge on any atom is 0.308 e. The van der Waals surface area contributed by atoms with Crippen LogP contribution in [-0.4, -0.2) is 48.1 Å². The lowest BCUT2D eigenvalue weighted by atomic mass is 9.79. The van der Waals surface area contributed by atoms with Crippen LogP contribution in [-0.2, 0) is 9.53 Å². The van der Waals surface area contributed by atoms with E-state index in [-0.39, 0.29) is 18.5 Å². The Kier molecular flexibility index (Phi) is 8.88. The van der Waals surface area contributed by atoms with Crippen LogP contribution in [0.25, 0.3) is 0 Å². The van der Waals surface area contributed by atoms with E-state index in [1.807, 2.05) is 6.92 Å². The van der Waals surface area contributed by atoms with Crippen LogP contribution in [0.15, 0.2) is 0 Å². The lowest BCUT2D eigenvalue weighted by molar-refractivity contribution is -0.151. The highest BCUT2D eigenvalue weighted by atomic mass is 16.5. The Labute approximate surface area is 128 Å². The van der Waals surface area contributed by atoms with Crippen molar-refractivity contribution in [3.8, 4) is 0 Å². The van der Waals surface area contributed by atoms with Gasteiger partial charge < -0.3 is 20.3 Å². The van der Waals surface area contributed by atoms with E-state index in [9.17, 15) is 9.90 Å². The summed E-state index contributed by atoms with van der Waals surface area (Å²) in [6.07, 6.45) is 6.87. The van der Waals surface area contributed by atoms with Gasteiger partial charge in [-0.1, -0.05) is 12.8 Å². The largest absolute Gasteiger partial charge is 0.466 e. The number of nitrogens with one attached hydrogen (secondary N) is 1. The van der Waals surface area contributed by atoms with Crippen LogP contribution >= 0.6 is 0 Å². The average molecular weight is 301 g/mol. The lowest BCUT2D eigenvalue weighted by Gasteiger charge is -2.35. The Balaban J connectivity index is 2.12. The summed E-state index contributed by atoms with van der Waals surface area (Å²) < 4.78 is 5.04. The molecule has 3 N–H and O–H groups in total. The second kappa shape index (κ2) is 10.1. The number of aliphatic hydroxyl groups is 2. The summed E-state index contributed by atoms with van der Waals surface area (Å²) in [4.78, 5) is 11.7. The number of aliphatic hydroxyl groups excluding tert-OH is 1. The molecule has 124 valence electrons. The molecule has 5 nitrogen and oxygen atoms in total. The Morgan fingerprint density at radius 2 is 1.90 bits per heavy atom. The van der Waals surface area contributed by atoms with Crippen molar-refractivity contribution >= 4 is 5.97 Å². The zero-order valence-corrected chi connectivity index (χ0v) is 13.3. The third-order valence-electron chi connectivity index (χ3n) is 4.25. The summed E-state index contributed by atoms with van der Waals surface area (Å²) in [7, 11) is 0. The molecule has 0 radical (unpaired) electrons. The van der Waals surface area contributed by atoms with E-state index < -0.39 is 5.60 Å². The van der Waals surface area contributed by atoms with Crippen molar-refractivity contribution in [2.45, 2.75) is 63.9 Å². The van der Waals surface area contributed by atoms with Gasteiger partial charge in [-0.05, 0) is 52.0 Å². The number of hydrogen-bond acceptors (Lipinski definition) is 5. The summed E-state index contributed by atoms with van der Waals surface area (Å²) in [5.41, 5.74) is -0.673. The standard InChI is InChI=1S/C16H31NO4/c1-2-21-15(19)14-7-9-16(20,10-8-14)13-17-11-5-3-4-6-12-18/h14,17-18,20H,2-13H2,1H3. The molecule has 21 heavy (non-hydrogen) atoms. The van der Waals surface area contributed by atoms with Gasteiger partial charge in [0, 0.05) is 13.2 Å². The number of ether oxygens (including phenoxy) is 1. The number of unbranched alkanes of at least 4 members (excludes halogenated alkanes) is 3. The van der Waals surface area contributed by atoms with Crippen molar-refractivity contribution < 1.29 is 19.7 Å². The van der Waals surface area contributed by atoms with Gasteiger partial charge in [-0.25, -0.2) is 0 Å². The first kappa shape index (κ1) is 18.4. The zero-order chi connectivity index (χ0) is 15.6. The van der Waals surface area contributed by atoms with E-state index in [2.05, 4.69) is 5.32 Å². The fourth-order valence-corrected chi connectivity index (χ4v) is 2.86. The first-order chi connectivity index (χ1) is 10.1. The van der Waals surface area contributed by atoms with Crippen molar-refractivity contribution in [2.75, 3.05) is 26.3 Å². The highest BCUT2D eigenvalue weighted by Gasteiger charge is 2.35. The van der Waals surface area contributed by atoms with Crippen LogP contribution in [0, 0.1) is 5.92 Å². The number of carbonyl (C=O) groups is 1. The van der Waals surface area contributed by atoms with Crippen LogP contribution in [0.3, 0.4) is 0 Å². The number of esters is 1. The van der Waals surface area contributed by atoms with E-state index in [1.165, 1.54) is 0 Å². The second-order valence-electron chi connectivity index (χ2n) is 6.07. The summed E-state index contributed by atoms with van der Waals surface area (Å²) >= 11 is 0. The fraction of sp³-hybridized carbons (Fsp3) is 0.938. The molecule has 1 aliphatic carbocycles. The minimum Gasteiger partial charge on any atom is -0.466 e. The van der Waals surface area contributed by atoms with Gasteiger partial charge in [0.15, 0.2) is 0 Å². The predicted octanol–water partition coefficient (Wildman–Crippen LogP) is 1.61. The second-order valence-corrected chi connectivity index (χ2v) is 6.07. The normalized spacial score (nSPS) is 25.8. The molecule has 0 aromatic heterocycles. The quantitative estimate of drug-likeness (QED) is 0.422. The highest BCUT2D eigenvalue weighted by Crippen LogP contribution is 2.32. The molecule has 1 saturated carbocycles. The minimum atomic E-state index is -0.673. The molecule has 0 atom stereocenters. The SMILES string of the molecule is CCOC(=O)C1CCC(O)(CNCCCCCCO)CC1. The maximum atomic E-state index is 11.7. The topological polar surface area (TPSA) is 78.8 Å². The van der Waals surface area contributed by atoms with Gasteiger partial charge in [0.05, 0.1) is 18.1 Å². The molecular weight excluding hydrogens is 270 g/mol. The van der Waals surface area contributed by atoms with E-state index >= 15 is 0 Å². The van der Waals surface area contributed by atoms with Crippen molar-refractivity contribution in [1.82, 2.24) is 5.32 Å². The summed E-state index contributed by atoms with van der Waals surface area (Å²) in [5.74, 6) is -0.153. The van der Waals surface area contributed by atoms with Gasteiger partial charge in [-0.2, -0.15) is 0 Å². The minimum absolute atomic E-state index is 0.0382. The summed E-state index contributed by atoms with van der Waals surface area (Å²) in [6, 6.07) is 0. The molecule has 0 saturated heterocycles. The van der Waals surface area contributed by atoms with E-state index in [0.29, 0.717) is 38.8 Å². The third-order valence-corrected chi connectivity index (χ3v) is 4.25.